The fourth-order valence-corrected chi connectivity index (χ4v) is 2.48. The van der Waals surface area contributed by atoms with Crippen LogP contribution in [0.4, 0.5) is 10.1 Å². The highest BCUT2D eigenvalue weighted by Crippen LogP contribution is 2.21. The molecule has 1 aliphatic heterocycles. The van der Waals surface area contributed by atoms with Gasteiger partial charge in [-0.15, -0.1) is 0 Å². The van der Waals surface area contributed by atoms with Crippen LogP contribution in [0.15, 0.2) is 24.3 Å². The van der Waals surface area contributed by atoms with Crippen molar-refractivity contribution in [3.63, 3.8) is 0 Å². The summed E-state index contributed by atoms with van der Waals surface area (Å²) in [5, 5.41) is 3.55. The van der Waals surface area contributed by atoms with E-state index in [-0.39, 0.29) is 11.4 Å². The quantitative estimate of drug-likeness (QED) is 0.785. The first-order chi connectivity index (χ1) is 7.46. The van der Waals surface area contributed by atoms with E-state index in [9.17, 15) is 4.39 Å². The van der Waals surface area contributed by atoms with Crippen LogP contribution in [-0.2, 0) is 0 Å². The first-order valence-electron chi connectivity index (χ1n) is 5.74. The lowest BCUT2D eigenvalue weighted by atomic mass is 9.98. The molecule has 1 unspecified atom stereocenters. The highest BCUT2D eigenvalue weighted by Gasteiger charge is 2.29. The number of nitrogens with one attached hydrogen (secondary N) is 1. The van der Waals surface area contributed by atoms with E-state index in [2.05, 4.69) is 31.0 Å². The molecule has 0 amide bonds. The number of benzene rings is 1. The Labute approximate surface area is 96.5 Å². The van der Waals surface area contributed by atoms with Crippen LogP contribution < -0.4 is 10.2 Å². The number of halogens is 1. The van der Waals surface area contributed by atoms with Crippen molar-refractivity contribution in [3.05, 3.63) is 30.1 Å². The molecule has 1 saturated heterocycles. The van der Waals surface area contributed by atoms with Crippen LogP contribution >= 0.6 is 0 Å². The maximum Gasteiger partial charge on any atom is 0.123 e. The molecule has 3 heteroatoms. The Morgan fingerprint density at radius 3 is 2.50 bits per heavy atom. The van der Waals surface area contributed by atoms with E-state index in [1.54, 1.807) is 0 Å². The van der Waals surface area contributed by atoms with Gasteiger partial charge in [-0.3, -0.25) is 0 Å². The average Bonchev–Trinajstić information content (AvgIpc) is 2.15. The van der Waals surface area contributed by atoms with E-state index in [1.165, 1.54) is 12.1 Å². The molecular weight excluding hydrogens is 203 g/mol. The Kier molecular flexibility index (Phi) is 2.89. The zero-order chi connectivity index (χ0) is 11.8. The summed E-state index contributed by atoms with van der Waals surface area (Å²) in [7, 11) is 0. The summed E-state index contributed by atoms with van der Waals surface area (Å²) in [5.41, 5.74) is 1.20. The van der Waals surface area contributed by atoms with Crippen LogP contribution in [0.2, 0.25) is 0 Å². The summed E-state index contributed by atoms with van der Waals surface area (Å²) in [5.74, 6) is -0.175. The Balaban J connectivity index is 2.17. The first-order valence-corrected chi connectivity index (χ1v) is 5.74. The third kappa shape index (κ3) is 2.53. The lowest BCUT2D eigenvalue weighted by Crippen LogP contribution is -2.61. The van der Waals surface area contributed by atoms with Gasteiger partial charge in [0.15, 0.2) is 0 Å². The molecule has 1 atom stereocenters. The third-order valence-corrected chi connectivity index (χ3v) is 2.91. The van der Waals surface area contributed by atoms with Crippen LogP contribution in [0.3, 0.4) is 0 Å². The molecule has 0 bridgehead atoms. The van der Waals surface area contributed by atoms with Gasteiger partial charge < -0.3 is 10.2 Å². The second kappa shape index (κ2) is 4.06. The van der Waals surface area contributed by atoms with Crippen molar-refractivity contribution in [3.8, 4) is 0 Å². The van der Waals surface area contributed by atoms with Gasteiger partial charge in [0, 0.05) is 30.4 Å². The topological polar surface area (TPSA) is 15.3 Å². The minimum atomic E-state index is -0.175. The molecular formula is C13H19FN2. The molecule has 88 valence electrons. The molecule has 1 aliphatic rings. The van der Waals surface area contributed by atoms with E-state index < -0.39 is 0 Å². The maximum atomic E-state index is 12.9. The molecule has 0 aromatic heterocycles. The minimum Gasteiger partial charge on any atom is -0.368 e. The fraction of sp³-hybridized carbons (Fsp3) is 0.538. The first kappa shape index (κ1) is 11.4. The van der Waals surface area contributed by atoms with Crippen molar-refractivity contribution >= 4 is 5.69 Å². The van der Waals surface area contributed by atoms with Gasteiger partial charge in [-0.05, 0) is 45.0 Å². The van der Waals surface area contributed by atoms with Crippen LogP contribution in [0, 0.1) is 5.82 Å². The highest BCUT2D eigenvalue weighted by molar-refractivity contribution is 5.47. The van der Waals surface area contributed by atoms with Crippen LogP contribution in [-0.4, -0.2) is 24.7 Å². The standard InChI is InChI=1S/C13H19FN2/c1-10-8-16(9-13(2,3)15-10)12-6-4-11(14)5-7-12/h4-7,10,15H,8-9H2,1-3H3. The van der Waals surface area contributed by atoms with Crippen molar-refractivity contribution in [1.29, 1.82) is 0 Å². The van der Waals surface area contributed by atoms with E-state index in [1.807, 2.05) is 12.1 Å². The van der Waals surface area contributed by atoms with Crippen molar-refractivity contribution < 1.29 is 4.39 Å². The zero-order valence-corrected chi connectivity index (χ0v) is 10.1. The molecule has 0 spiro atoms. The number of nitrogens with zero attached hydrogens (tertiary/aromatic N) is 1. The second-order valence-electron chi connectivity index (χ2n) is 5.29. The molecule has 2 nitrogen and oxygen atoms in total. The lowest BCUT2D eigenvalue weighted by Gasteiger charge is -2.43. The maximum absolute atomic E-state index is 12.9. The van der Waals surface area contributed by atoms with Crippen molar-refractivity contribution in [1.82, 2.24) is 5.32 Å². The Bertz CT molecular complexity index is 359. The molecule has 1 heterocycles. The molecule has 1 fully saturated rings. The number of hydrogen-bond acceptors (Lipinski definition) is 2. The van der Waals surface area contributed by atoms with E-state index in [0.717, 1.165) is 18.8 Å². The summed E-state index contributed by atoms with van der Waals surface area (Å²) in [6.45, 7) is 8.48. The Morgan fingerprint density at radius 1 is 1.31 bits per heavy atom. The minimum absolute atomic E-state index is 0.103. The largest absolute Gasteiger partial charge is 0.368 e. The van der Waals surface area contributed by atoms with Gasteiger partial charge in [0.1, 0.15) is 5.82 Å². The van der Waals surface area contributed by atoms with Crippen molar-refractivity contribution in [2.75, 3.05) is 18.0 Å². The Morgan fingerprint density at radius 2 is 1.94 bits per heavy atom. The lowest BCUT2D eigenvalue weighted by molar-refractivity contribution is 0.301. The molecule has 1 aromatic carbocycles. The molecule has 2 rings (SSSR count). The van der Waals surface area contributed by atoms with Gasteiger partial charge in [-0.25, -0.2) is 4.39 Å². The highest BCUT2D eigenvalue weighted by atomic mass is 19.1. The molecule has 0 radical (unpaired) electrons. The summed E-state index contributed by atoms with van der Waals surface area (Å²) in [4.78, 5) is 2.31. The normalized spacial score (nSPS) is 24.5. The second-order valence-corrected chi connectivity index (χ2v) is 5.29. The predicted octanol–water partition coefficient (Wildman–Crippen LogP) is 2.40. The SMILES string of the molecule is CC1CN(c2ccc(F)cc2)CC(C)(C)N1. The van der Waals surface area contributed by atoms with E-state index in [0.29, 0.717) is 6.04 Å². The van der Waals surface area contributed by atoms with Gasteiger partial charge in [0.25, 0.3) is 0 Å². The van der Waals surface area contributed by atoms with Gasteiger partial charge in [0.05, 0.1) is 0 Å². The van der Waals surface area contributed by atoms with E-state index in [4.69, 9.17) is 0 Å². The summed E-state index contributed by atoms with van der Waals surface area (Å²) >= 11 is 0. The molecule has 1 N–H and O–H groups in total. The number of rotatable bonds is 1. The zero-order valence-electron chi connectivity index (χ0n) is 10.1. The van der Waals surface area contributed by atoms with Crippen molar-refractivity contribution in [2.24, 2.45) is 0 Å². The molecule has 16 heavy (non-hydrogen) atoms. The van der Waals surface area contributed by atoms with E-state index >= 15 is 0 Å². The molecule has 0 saturated carbocycles. The fourth-order valence-electron chi connectivity index (χ4n) is 2.48. The van der Waals surface area contributed by atoms with Gasteiger partial charge in [-0.2, -0.15) is 0 Å². The van der Waals surface area contributed by atoms with Gasteiger partial charge in [-0.1, -0.05) is 0 Å². The molecule has 1 aromatic rings. The van der Waals surface area contributed by atoms with Gasteiger partial charge >= 0.3 is 0 Å². The molecule has 0 aliphatic carbocycles. The number of piperazine rings is 1. The number of hydrogen-bond donors (Lipinski definition) is 1. The summed E-state index contributed by atoms with van der Waals surface area (Å²) in [6.07, 6.45) is 0. The van der Waals surface area contributed by atoms with Crippen LogP contribution in [0.1, 0.15) is 20.8 Å². The summed E-state index contributed by atoms with van der Waals surface area (Å²) < 4.78 is 12.9. The number of anilines is 1. The Hall–Kier alpha value is -1.09. The monoisotopic (exact) mass is 222 g/mol. The average molecular weight is 222 g/mol. The van der Waals surface area contributed by atoms with Gasteiger partial charge in [0.2, 0.25) is 0 Å². The van der Waals surface area contributed by atoms with Crippen LogP contribution in [0.5, 0.6) is 0 Å². The summed E-state index contributed by atoms with van der Waals surface area (Å²) in [6, 6.07) is 7.20. The predicted molar refractivity (Wildman–Crippen MR) is 65.3 cm³/mol. The van der Waals surface area contributed by atoms with Crippen molar-refractivity contribution in [2.45, 2.75) is 32.4 Å². The smallest absolute Gasteiger partial charge is 0.123 e. The van der Waals surface area contributed by atoms with Crippen LogP contribution in [0.25, 0.3) is 0 Å². The third-order valence-electron chi connectivity index (χ3n) is 2.91.